The van der Waals surface area contributed by atoms with Crippen LogP contribution in [0.1, 0.15) is 18.4 Å². The van der Waals surface area contributed by atoms with Crippen LogP contribution in [-0.4, -0.2) is 36.3 Å². The van der Waals surface area contributed by atoms with E-state index in [2.05, 4.69) is 0 Å². The van der Waals surface area contributed by atoms with Crippen molar-refractivity contribution in [2.75, 3.05) is 18.1 Å². The van der Waals surface area contributed by atoms with E-state index in [1.165, 1.54) is 0 Å². The van der Waals surface area contributed by atoms with Crippen LogP contribution in [0.3, 0.4) is 0 Å². The summed E-state index contributed by atoms with van der Waals surface area (Å²) < 4.78 is 12.8. The van der Waals surface area contributed by atoms with Crippen LogP contribution < -0.4 is 9.64 Å². The Hall–Kier alpha value is -2.44. The zero-order valence-electron chi connectivity index (χ0n) is 14.8. The zero-order chi connectivity index (χ0) is 18.2. The fraction of sp³-hybridized carbons (Fsp3) is 0.333. The zero-order valence-corrected chi connectivity index (χ0v) is 15.7. The third-order valence-electron chi connectivity index (χ3n) is 5.11. The first-order valence-electron chi connectivity index (χ1n) is 9.31. The van der Waals surface area contributed by atoms with Gasteiger partial charge in [0.25, 0.3) is 5.91 Å². The molecule has 6 heteroatoms. The second-order valence-corrected chi connectivity index (χ2v) is 7.98. The van der Waals surface area contributed by atoms with Gasteiger partial charge in [-0.3, -0.25) is 9.69 Å². The predicted molar refractivity (Wildman–Crippen MR) is 106 cm³/mol. The summed E-state index contributed by atoms with van der Waals surface area (Å²) in [6, 6.07) is 15.8. The highest BCUT2D eigenvalue weighted by Gasteiger charge is 2.35. The summed E-state index contributed by atoms with van der Waals surface area (Å²) >= 11 is 1.54. The maximum atomic E-state index is 13.4. The first-order valence-corrected chi connectivity index (χ1v) is 10.1. The van der Waals surface area contributed by atoms with Crippen LogP contribution >= 0.6 is 11.3 Å². The molecule has 2 aliphatic heterocycles. The number of carbonyl (C=O) groups excluding carboxylic acids is 1. The van der Waals surface area contributed by atoms with Gasteiger partial charge in [-0.25, -0.2) is 4.98 Å². The lowest BCUT2D eigenvalue weighted by molar-refractivity contribution is -0.125. The van der Waals surface area contributed by atoms with Gasteiger partial charge >= 0.3 is 0 Å². The number of hydrogen-bond acceptors (Lipinski definition) is 5. The van der Waals surface area contributed by atoms with Crippen molar-refractivity contribution in [2.24, 2.45) is 0 Å². The van der Waals surface area contributed by atoms with E-state index in [0.29, 0.717) is 13.0 Å². The molecule has 2 aliphatic rings. The fourth-order valence-corrected chi connectivity index (χ4v) is 4.70. The van der Waals surface area contributed by atoms with Gasteiger partial charge in [-0.2, -0.15) is 0 Å². The van der Waals surface area contributed by atoms with E-state index in [4.69, 9.17) is 14.5 Å². The van der Waals surface area contributed by atoms with Crippen molar-refractivity contribution in [2.45, 2.75) is 31.5 Å². The minimum Gasteiger partial charge on any atom is -0.480 e. The Balaban J connectivity index is 1.45. The van der Waals surface area contributed by atoms with Crippen LogP contribution in [0.5, 0.6) is 5.75 Å². The van der Waals surface area contributed by atoms with E-state index in [9.17, 15) is 4.79 Å². The van der Waals surface area contributed by atoms with E-state index < -0.39 is 6.10 Å². The first-order chi connectivity index (χ1) is 13.3. The molecule has 1 amide bonds. The Bertz CT molecular complexity index is 922. The van der Waals surface area contributed by atoms with E-state index in [-0.39, 0.29) is 12.0 Å². The van der Waals surface area contributed by atoms with Crippen molar-refractivity contribution in [3.05, 3.63) is 54.1 Å². The molecule has 5 rings (SSSR count). The lowest BCUT2D eigenvalue weighted by atomic mass is 10.1. The van der Waals surface area contributed by atoms with Gasteiger partial charge in [-0.05, 0) is 36.6 Å². The Morgan fingerprint density at radius 3 is 2.85 bits per heavy atom. The van der Waals surface area contributed by atoms with Crippen LogP contribution in [-0.2, 0) is 16.0 Å². The number of fused-ring (bicyclic) bond motifs is 2. The fourth-order valence-electron chi connectivity index (χ4n) is 3.72. The van der Waals surface area contributed by atoms with E-state index in [0.717, 1.165) is 46.1 Å². The summed E-state index contributed by atoms with van der Waals surface area (Å²) in [5, 5.41) is 0.719. The molecule has 0 spiro atoms. The topological polar surface area (TPSA) is 51.7 Å². The number of amides is 1. The minimum absolute atomic E-state index is 0.0410. The molecule has 5 nitrogen and oxygen atoms in total. The van der Waals surface area contributed by atoms with Crippen molar-refractivity contribution in [3.8, 4) is 5.75 Å². The Labute approximate surface area is 161 Å². The van der Waals surface area contributed by atoms with Crippen LogP contribution in [0.25, 0.3) is 10.2 Å². The summed E-state index contributed by atoms with van der Waals surface area (Å²) in [4.78, 5) is 19.9. The third kappa shape index (κ3) is 3.19. The predicted octanol–water partition coefficient (Wildman–Crippen LogP) is 3.81. The number of benzene rings is 2. The van der Waals surface area contributed by atoms with E-state index in [1.807, 2.05) is 48.5 Å². The normalized spacial score (nSPS) is 21.2. The molecule has 138 valence electrons. The number of carbonyl (C=O) groups is 1. The molecule has 0 N–H and O–H groups in total. The number of hydrogen-bond donors (Lipinski definition) is 0. The summed E-state index contributed by atoms with van der Waals surface area (Å²) in [5.74, 6) is 0.762. The van der Waals surface area contributed by atoms with Crippen molar-refractivity contribution in [1.29, 1.82) is 0 Å². The molecule has 0 bridgehead atoms. The smallest absolute Gasteiger partial charge is 0.270 e. The largest absolute Gasteiger partial charge is 0.480 e. The van der Waals surface area contributed by atoms with Crippen LogP contribution in [0, 0.1) is 0 Å². The Morgan fingerprint density at radius 2 is 2.04 bits per heavy atom. The van der Waals surface area contributed by atoms with Gasteiger partial charge in [0.05, 0.1) is 22.9 Å². The molecule has 2 aromatic carbocycles. The highest BCUT2D eigenvalue weighted by molar-refractivity contribution is 7.22. The lowest BCUT2D eigenvalue weighted by Gasteiger charge is -2.25. The lowest BCUT2D eigenvalue weighted by Crippen LogP contribution is -2.45. The number of nitrogens with zero attached hydrogens (tertiary/aromatic N) is 2. The van der Waals surface area contributed by atoms with Crippen molar-refractivity contribution < 1.29 is 14.3 Å². The molecule has 3 heterocycles. The van der Waals surface area contributed by atoms with Gasteiger partial charge in [0.2, 0.25) is 0 Å². The SMILES string of the molecule is O=C([C@@H]1Cc2ccccc2O1)N(C[C@H]1CCCO1)c1nc2ccccc2s1. The molecule has 3 aromatic rings. The molecule has 0 radical (unpaired) electrons. The van der Waals surface area contributed by atoms with E-state index >= 15 is 0 Å². The number of anilines is 1. The minimum atomic E-state index is -0.504. The summed E-state index contributed by atoms with van der Waals surface area (Å²) in [7, 11) is 0. The summed E-state index contributed by atoms with van der Waals surface area (Å²) in [6.45, 7) is 1.28. The molecule has 1 saturated heterocycles. The first kappa shape index (κ1) is 16.7. The second kappa shape index (κ2) is 6.94. The summed E-state index contributed by atoms with van der Waals surface area (Å²) in [6.07, 6.45) is 2.17. The van der Waals surface area contributed by atoms with Gasteiger partial charge in [-0.15, -0.1) is 0 Å². The highest BCUT2D eigenvalue weighted by atomic mass is 32.1. The molecule has 1 fully saturated rings. The van der Waals surface area contributed by atoms with Crippen molar-refractivity contribution in [1.82, 2.24) is 4.98 Å². The summed E-state index contributed by atoms with van der Waals surface area (Å²) in [5.41, 5.74) is 2.00. The molecule has 0 unspecified atom stereocenters. The quantitative estimate of drug-likeness (QED) is 0.691. The molecule has 2 atom stereocenters. The molecule has 0 saturated carbocycles. The maximum Gasteiger partial charge on any atom is 0.270 e. The van der Waals surface area contributed by atoms with Gasteiger partial charge < -0.3 is 9.47 Å². The van der Waals surface area contributed by atoms with Crippen molar-refractivity contribution >= 4 is 32.6 Å². The number of aromatic nitrogens is 1. The number of rotatable bonds is 4. The molecular formula is C21H20N2O3S. The monoisotopic (exact) mass is 380 g/mol. The Morgan fingerprint density at radius 1 is 1.19 bits per heavy atom. The van der Waals surface area contributed by atoms with Crippen LogP contribution in [0.4, 0.5) is 5.13 Å². The molecule has 0 aliphatic carbocycles. The van der Waals surface area contributed by atoms with E-state index in [1.54, 1.807) is 16.2 Å². The van der Waals surface area contributed by atoms with Crippen LogP contribution in [0.2, 0.25) is 0 Å². The molecule has 27 heavy (non-hydrogen) atoms. The van der Waals surface area contributed by atoms with Gasteiger partial charge in [-0.1, -0.05) is 41.7 Å². The second-order valence-electron chi connectivity index (χ2n) is 6.97. The van der Waals surface area contributed by atoms with Gasteiger partial charge in [0.1, 0.15) is 5.75 Å². The van der Waals surface area contributed by atoms with Gasteiger partial charge in [0.15, 0.2) is 11.2 Å². The van der Waals surface area contributed by atoms with Crippen molar-refractivity contribution in [3.63, 3.8) is 0 Å². The number of ether oxygens (including phenoxy) is 2. The standard InChI is InChI=1S/C21H20N2O3S/c24-20(18-12-14-6-1-3-9-17(14)26-18)23(13-15-7-5-11-25-15)21-22-16-8-2-4-10-19(16)27-21/h1-4,6,8-10,15,18H,5,7,11-13H2/t15-,18+/m1/s1. The Kier molecular flexibility index (Phi) is 4.30. The van der Waals surface area contributed by atoms with Gasteiger partial charge in [0, 0.05) is 13.0 Å². The number of thiazole rings is 1. The maximum absolute atomic E-state index is 13.4. The van der Waals surface area contributed by atoms with Crippen LogP contribution in [0.15, 0.2) is 48.5 Å². The number of para-hydroxylation sites is 2. The average molecular weight is 380 g/mol. The highest BCUT2D eigenvalue weighted by Crippen LogP contribution is 2.33. The molecular weight excluding hydrogens is 360 g/mol. The molecule has 1 aromatic heterocycles. The third-order valence-corrected chi connectivity index (χ3v) is 6.17. The average Bonchev–Trinajstić information content (AvgIpc) is 3.44.